The fourth-order valence-corrected chi connectivity index (χ4v) is 4.93. The van der Waals surface area contributed by atoms with Crippen molar-refractivity contribution in [3.05, 3.63) is 78.4 Å². The van der Waals surface area contributed by atoms with Gasteiger partial charge in [-0.2, -0.15) is 0 Å². The lowest BCUT2D eigenvalue weighted by atomic mass is 9.94. The molecule has 4 rings (SSSR count). The van der Waals surface area contributed by atoms with Crippen molar-refractivity contribution >= 4 is 27.0 Å². The van der Waals surface area contributed by atoms with Crippen molar-refractivity contribution in [3.8, 4) is 33.4 Å². The fourth-order valence-electron chi connectivity index (χ4n) is 3.69. The molecule has 5 heteroatoms. The molecule has 4 aromatic rings. The van der Waals surface area contributed by atoms with Gasteiger partial charge < -0.3 is 18.9 Å². The summed E-state index contributed by atoms with van der Waals surface area (Å²) in [6, 6.07) is 20.4. The molecular formula is C26H24O4S. The van der Waals surface area contributed by atoms with E-state index >= 15 is 0 Å². The Bertz CT molecular complexity index is 1210. The second-order valence-corrected chi connectivity index (χ2v) is 7.98. The van der Waals surface area contributed by atoms with Crippen LogP contribution in [0.1, 0.15) is 11.1 Å². The lowest BCUT2D eigenvalue weighted by Gasteiger charge is -2.16. The number of hydrogen-bond donors (Lipinski definition) is 0. The van der Waals surface area contributed by atoms with Crippen LogP contribution in [0.25, 0.3) is 26.1 Å². The van der Waals surface area contributed by atoms with Crippen molar-refractivity contribution in [2.45, 2.75) is 0 Å². The van der Waals surface area contributed by atoms with E-state index in [1.165, 1.54) is 4.70 Å². The van der Waals surface area contributed by atoms with Crippen molar-refractivity contribution in [2.75, 3.05) is 28.4 Å². The summed E-state index contributed by atoms with van der Waals surface area (Å²) in [6.07, 6.45) is 0. The van der Waals surface area contributed by atoms with Gasteiger partial charge in [-0.3, -0.25) is 0 Å². The zero-order valence-electron chi connectivity index (χ0n) is 18.0. The van der Waals surface area contributed by atoms with Crippen molar-refractivity contribution in [3.63, 3.8) is 0 Å². The van der Waals surface area contributed by atoms with Gasteiger partial charge in [-0.25, -0.2) is 0 Å². The molecule has 0 saturated carbocycles. The highest BCUT2D eigenvalue weighted by atomic mass is 32.1. The van der Waals surface area contributed by atoms with Gasteiger partial charge in [0, 0.05) is 20.5 Å². The minimum absolute atomic E-state index is 0.562. The van der Waals surface area contributed by atoms with Crippen LogP contribution in [0.3, 0.4) is 0 Å². The van der Waals surface area contributed by atoms with Gasteiger partial charge >= 0.3 is 0 Å². The first kappa shape index (κ1) is 20.8. The zero-order chi connectivity index (χ0) is 22.0. The topological polar surface area (TPSA) is 36.9 Å². The van der Waals surface area contributed by atoms with Gasteiger partial charge in [0.15, 0.2) is 11.5 Å². The van der Waals surface area contributed by atoms with E-state index in [1.54, 1.807) is 39.8 Å². The smallest absolute Gasteiger partial charge is 0.203 e. The summed E-state index contributed by atoms with van der Waals surface area (Å²) in [5, 5.41) is 1.16. The Morgan fingerprint density at radius 2 is 1.42 bits per heavy atom. The van der Waals surface area contributed by atoms with Gasteiger partial charge in [-0.15, -0.1) is 11.3 Å². The van der Waals surface area contributed by atoms with E-state index in [2.05, 4.69) is 43.0 Å². The first-order chi connectivity index (χ1) is 15.1. The SMILES string of the molecule is C=C(c1cc(OC)c(OC)c(OC)c1)c1c(-c2ccc(OC)cc2)sc2ccccc12. The van der Waals surface area contributed by atoms with E-state index in [9.17, 15) is 0 Å². The minimum atomic E-state index is 0.562. The molecule has 0 spiro atoms. The van der Waals surface area contributed by atoms with E-state index < -0.39 is 0 Å². The van der Waals surface area contributed by atoms with E-state index in [4.69, 9.17) is 18.9 Å². The Morgan fingerprint density at radius 1 is 0.774 bits per heavy atom. The summed E-state index contributed by atoms with van der Waals surface area (Å²) in [5.41, 5.74) is 4.01. The van der Waals surface area contributed by atoms with Crippen LogP contribution in [-0.2, 0) is 0 Å². The molecule has 4 nitrogen and oxygen atoms in total. The average Bonchev–Trinajstić information content (AvgIpc) is 3.22. The molecule has 3 aromatic carbocycles. The third-order valence-corrected chi connectivity index (χ3v) is 6.48. The monoisotopic (exact) mass is 432 g/mol. The summed E-state index contributed by atoms with van der Waals surface area (Å²) in [4.78, 5) is 1.16. The van der Waals surface area contributed by atoms with Gasteiger partial charge in [0.2, 0.25) is 5.75 Å². The maximum atomic E-state index is 5.56. The third kappa shape index (κ3) is 3.73. The molecule has 0 aliphatic heterocycles. The quantitative estimate of drug-likeness (QED) is 0.327. The number of methoxy groups -OCH3 is 4. The Balaban J connectivity index is 1.92. The summed E-state index contributed by atoms with van der Waals surface area (Å²) in [7, 11) is 6.51. The van der Waals surface area contributed by atoms with Gasteiger partial charge in [-0.1, -0.05) is 24.8 Å². The number of hydrogen-bond acceptors (Lipinski definition) is 5. The van der Waals surface area contributed by atoms with Crippen LogP contribution in [0.15, 0.2) is 67.2 Å². The number of fused-ring (bicyclic) bond motifs is 1. The summed E-state index contributed by atoms with van der Waals surface area (Å²) in [5.74, 6) is 2.59. The van der Waals surface area contributed by atoms with Crippen LogP contribution >= 0.6 is 11.3 Å². The van der Waals surface area contributed by atoms with Crippen LogP contribution in [0.2, 0.25) is 0 Å². The van der Waals surface area contributed by atoms with Gasteiger partial charge in [-0.05, 0) is 59.2 Å². The van der Waals surface area contributed by atoms with E-state index in [0.717, 1.165) is 38.3 Å². The molecule has 0 fully saturated rings. The van der Waals surface area contributed by atoms with Crippen LogP contribution in [0, 0.1) is 0 Å². The highest BCUT2D eigenvalue weighted by Crippen LogP contribution is 2.46. The van der Waals surface area contributed by atoms with E-state index in [-0.39, 0.29) is 0 Å². The van der Waals surface area contributed by atoms with Crippen LogP contribution in [0.4, 0.5) is 0 Å². The normalized spacial score (nSPS) is 10.7. The third-order valence-electron chi connectivity index (χ3n) is 5.26. The maximum Gasteiger partial charge on any atom is 0.203 e. The second kappa shape index (κ2) is 8.74. The number of rotatable bonds is 7. The van der Waals surface area contributed by atoms with E-state index in [0.29, 0.717) is 17.2 Å². The van der Waals surface area contributed by atoms with Crippen LogP contribution < -0.4 is 18.9 Å². The van der Waals surface area contributed by atoms with Crippen molar-refractivity contribution in [1.82, 2.24) is 0 Å². The summed E-state index contributed by atoms with van der Waals surface area (Å²) >= 11 is 1.75. The standard InChI is InChI=1S/C26H24O4S/c1-16(18-14-21(28-3)25(30-5)22(15-18)29-4)24-20-8-6-7-9-23(20)31-26(24)17-10-12-19(27-2)13-11-17/h6-15H,1H2,2-5H3. The van der Waals surface area contributed by atoms with Crippen molar-refractivity contribution in [1.29, 1.82) is 0 Å². The van der Waals surface area contributed by atoms with Gasteiger partial charge in [0.25, 0.3) is 0 Å². The first-order valence-electron chi connectivity index (χ1n) is 9.76. The molecule has 0 aliphatic carbocycles. The predicted octanol–water partition coefficient (Wildman–Crippen LogP) is 6.66. The number of ether oxygens (including phenoxy) is 4. The molecule has 0 bridgehead atoms. The fraction of sp³-hybridized carbons (Fsp3) is 0.154. The lowest BCUT2D eigenvalue weighted by molar-refractivity contribution is 0.324. The Hall–Kier alpha value is -3.44. The zero-order valence-corrected chi connectivity index (χ0v) is 18.8. The Labute approximate surface area is 186 Å². The van der Waals surface area contributed by atoms with Gasteiger partial charge in [0.05, 0.1) is 28.4 Å². The molecule has 0 amide bonds. The largest absolute Gasteiger partial charge is 0.497 e. The summed E-state index contributed by atoms with van der Waals surface area (Å²) < 4.78 is 23.1. The van der Waals surface area contributed by atoms with Crippen molar-refractivity contribution < 1.29 is 18.9 Å². The molecular weight excluding hydrogens is 408 g/mol. The lowest BCUT2D eigenvalue weighted by Crippen LogP contribution is -1.97. The molecule has 0 saturated heterocycles. The maximum absolute atomic E-state index is 5.56. The molecule has 1 heterocycles. The molecule has 0 unspecified atom stereocenters. The predicted molar refractivity (Wildman–Crippen MR) is 128 cm³/mol. The highest BCUT2D eigenvalue weighted by molar-refractivity contribution is 7.22. The number of thiophene rings is 1. The number of benzene rings is 3. The molecule has 1 aromatic heterocycles. The molecule has 0 atom stereocenters. The average molecular weight is 433 g/mol. The van der Waals surface area contributed by atoms with E-state index in [1.807, 2.05) is 24.3 Å². The van der Waals surface area contributed by atoms with Crippen LogP contribution in [0.5, 0.6) is 23.0 Å². The molecule has 0 radical (unpaired) electrons. The Morgan fingerprint density at radius 3 is 2.00 bits per heavy atom. The van der Waals surface area contributed by atoms with Crippen molar-refractivity contribution in [2.24, 2.45) is 0 Å². The minimum Gasteiger partial charge on any atom is -0.497 e. The molecule has 0 N–H and O–H groups in total. The molecule has 158 valence electrons. The van der Waals surface area contributed by atoms with Gasteiger partial charge in [0.1, 0.15) is 5.75 Å². The molecule has 0 aliphatic rings. The molecule has 31 heavy (non-hydrogen) atoms. The van der Waals surface area contributed by atoms with Crippen LogP contribution in [-0.4, -0.2) is 28.4 Å². The second-order valence-electron chi connectivity index (χ2n) is 6.92. The highest BCUT2D eigenvalue weighted by Gasteiger charge is 2.20. The summed E-state index contributed by atoms with van der Waals surface area (Å²) in [6.45, 7) is 4.47. The first-order valence-corrected chi connectivity index (χ1v) is 10.6. The Kier molecular flexibility index (Phi) is 5.87.